The zero-order chi connectivity index (χ0) is 17.4. The molecule has 0 unspecified atom stereocenters. The van der Waals surface area contributed by atoms with Crippen molar-refractivity contribution in [1.29, 1.82) is 0 Å². The number of hydrogen-bond donors (Lipinski definition) is 1. The average Bonchev–Trinajstić information content (AvgIpc) is 2.91. The van der Waals surface area contributed by atoms with E-state index in [0.29, 0.717) is 0 Å². The Morgan fingerprint density at radius 3 is 2.68 bits per heavy atom. The third-order valence-corrected chi connectivity index (χ3v) is 7.17. The van der Waals surface area contributed by atoms with Crippen LogP contribution in [0.1, 0.15) is 74.7 Å². The van der Waals surface area contributed by atoms with Gasteiger partial charge in [0.25, 0.3) is 5.56 Å². The van der Waals surface area contributed by atoms with Crippen molar-refractivity contribution >= 4 is 21.6 Å². The number of hydrogen-bond acceptors (Lipinski definition) is 4. The summed E-state index contributed by atoms with van der Waals surface area (Å²) >= 11 is 1.75. The molecule has 0 amide bonds. The first-order chi connectivity index (χ1) is 12.1. The molecule has 1 saturated heterocycles. The van der Waals surface area contributed by atoms with Gasteiger partial charge in [0.2, 0.25) is 0 Å². The largest absolute Gasteiger partial charge is 0.309 e. The number of fused-ring (bicyclic) bond motifs is 3. The fourth-order valence-corrected chi connectivity index (χ4v) is 5.79. The number of nitrogens with zero attached hydrogens (tertiary/aromatic N) is 2. The molecule has 0 saturated carbocycles. The SMILES string of the molecule is C[C@@H]1CCc2c(sc3nc([C@H](C)N4CCCCCCC4)[nH]c(=O)c23)C1. The minimum atomic E-state index is 0.0750. The Labute approximate surface area is 153 Å². The van der Waals surface area contributed by atoms with Crippen LogP contribution < -0.4 is 5.56 Å². The van der Waals surface area contributed by atoms with Crippen LogP contribution in [-0.2, 0) is 12.8 Å². The molecule has 4 nitrogen and oxygen atoms in total. The highest BCUT2D eigenvalue weighted by Crippen LogP contribution is 2.36. The molecule has 2 aromatic heterocycles. The lowest BCUT2D eigenvalue weighted by molar-refractivity contribution is 0.185. The van der Waals surface area contributed by atoms with E-state index in [1.807, 2.05) is 0 Å². The first-order valence-corrected chi connectivity index (χ1v) is 10.7. The Kier molecular flexibility index (Phi) is 4.96. The van der Waals surface area contributed by atoms with Crippen molar-refractivity contribution in [3.05, 3.63) is 26.6 Å². The maximum Gasteiger partial charge on any atom is 0.259 e. The van der Waals surface area contributed by atoms with Crippen LogP contribution in [0.3, 0.4) is 0 Å². The highest BCUT2D eigenvalue weighted by Gasteiger charge is 2.25. The van der Waals surface area contributed by atoms with E-state index in [-0.39, 0.29) is 11.6 Å². The molecule has 0 radical (unpaired) electrons. The molecule has 2 atom stereocenters. The van der Waals surface area contributed by atoms with Gasteiger partial charge in [-0.2, -0.15) is 0 Å². The molecule has 136 valence electrons. The number of rotatable bonds is 2. The summed E-state index contributed by atoms with van der Waals surface area (Å²) in [4.78, 5) is 25.7. The second-order valence-corrected chi connectivity index (χ2v) is 9.05. The first-order valence-electron chi connectivity index (χ1n) is 9.92. The number of likely N-dealkylation sites (tertiary alicyclic amines) is 1. The third-order valence-electron chi connectivity index (χ3n) is 6.02. The van der Waals surface area contributed by atoms with Crippen molar-refractivity contribution < 1.29 is 0 Å². The Bertz CT molecular complexity index is 801. The van der Waals surface area contributed by atoms with E-state index >= 15 is 0 Å². The molecule has 0 bridgehead atoms. The summed E-state index contributed by atoms with van der Waals surface area (Å²) < 4.78 is 0. The summed E-state index contributed by atoms with van der Waals surface area (Å²) in [5, 5.41) is 0.871. The predicted octanol–water partition coefficient (Wildman–Crippen LogP) is 4.44. The van der Waals surface area contributed by atoms with Gasteiger partial charge in [0.1, 0.15) is 10.7 Å². The van der Waals surface area contributed by atoms with E-state index in [0.717, 1.165) is 47.9 Å². The molecule has 1 fully saturated rings. The Morgan fingerprint density at radius 2 is 1.92 bits per heavy atom. The number of thiophene rings is 1. The van der Waals surface area contributed by atoms with Crippen molar-refractivity contribution in [2.75, 3.05) is 13.1 Å². The zero-order valence-corrected chi connectivity index (χ0v) is 16.3. The minimum Gasteiger partial charge on any atom is -0.309 e. The van der Waals surface area contributed by atoms with Crippen molar-refractivity contribution in [2.24, 2.45) is 5.92 Å². The molecule has 0 aromatic carbocycles. The molecule has 2 aromatic rings. The van der Waals surface area contributed by atoms with Crippen LogP contribution in [-0.4, -0.2) is 28.0 Å². The quantitative estimate of drug-likeness (QED) is 0.862. The summed E-state index contributed by atoms with van der Waals surface area (Å²) in [6.45, 7) is 6.73. The standard InChI is InChI=1S/C20H29N3OS/c1-13-8-9-15-16(12-13)25-20-17(15)19(24)21-18(22-20)14(2)23-10-6-4-3-5-7-11-23/h13-14H,3-12H2,1-2H3,(H,21,22,24)/t13-,14+/m1/s1. The van der Waals surface area contributed by atoms with Gasteiger partial charge in [-0.1, -0.05) is 26.2 Å². The van der Waals surface area contributed by atoms with Gasteiger partial charge in [0.05, 0.1) is 11.4 Å². The maximum absolute atomic E-state index is 12.8. The van der Waals surface area contributed by atoms with Crippen LogP contribution in [0.25, 0.3) is 10.2 Å². The third kappa shape index (κ3) is 3.41. The number of aromatic amines is 1. The summed E-state index contributed by atoms with van der Waals surface area (Å²) in [7, 11) is 0. The van der Waals surface area contributed by atoms with Crippen LogP contribution in [0.2, 0.25) is 0 Å². The van der Waals surface area contributed by atoms with Gasteiger partial charge in [0.15, 0.2) is 0 Å². The van der Waals surface area contributed by atoms with E-state index in [4.69, 9.17) is 4.98 Å². The second kappa shape index (κ2) is 7.20. The lowest BCUT2D eigenvalue weighted by Gasteiger charge is -2.29. The Morgan fingerprint density at radius 1 is 1.20 bits per heavy atom. The van der Waals surface area contributed by atoms with Gasteiger partial charge < -0.3 is 4.98 Å². The summed E-state index contributed by atoms with van der Waals surface area (Å²) in [6, 6.07) is 0.188. The van der Waals surface area contributed by atoms with E-state index in [1.165, 1.54) is 49.0 Å². The molecular weight excluding hydrogens is 330 g/mol. The average molecular weight is 360 g/mol. The number of aromatic nitrogens is 2. The summed E-state index contributed by atoms with van der Waals surface area (Å²) in [6.07, 6.45) is 9.83. The lowest BCUT2D eigenvalue weighted by Crippen LogP contribution is -2.32. The highest BCUT2D eigenvalue weighted by atomic mass is 32.1. The predicted molar refractivity (Wildman–Crippen MR) is 105 cm³/mol. The molecule has 3 heterocycles. The molecule has 0 spiro atoms. The van der Waals surface area contributed by atoms with E-state index in [9.17, 15) is 4.79 Å². The van der Waals surface area contributed by atoms with Crippen LogP contribution in [0.15, 0.2) is 4.79 Å². The van der Waals surface area contributed by atoms with Gasteiger partial charge in [0, 0.05) is 4.88 Å². The molecule has 1 aliphatic carbocycles. The second-order valence-electron chi connectivity index (χ2n) is 7.96. The van der Waals surface area contributed by atoms with Crippen LogP contribution in [0.5, 0.6) is 0 Å². The van der Waals surface area contributed by atoms with Crippen LogP contribution in [0, 0.1) is 5.92 Å². The minimum absolute atomic E-state index is 0.0750. The van der Waals surface area contributed by atoms with Gasteiger partial charge in [-0.3, -0.25) is 9.69 Å². The zero-order valence-electron chi connectivity index (χ0n) is 15.4. The highest BCUT2D eigenvalue weighted by molar-refractivity contribution is 7.18. The molecule has 1 aliphatic heterocycles. The smallest absolute Gasteiger partial charge is 0.259 e. The monoisotopic (exact) mass is 359 g/mol. The fraction of sp³-hybridized carbons (Fsp3) is 0.700. The van der Waals surface area contributed by atoms with Gasteiger partial charge in [-0.25, -0.2) is 4.98 Å². The molecule has 5 heteroatoms. The Hall–Kier alpha value is -1.20. The normalized spacial score (nSPS) is 23.8. The molecule has 2 aliphatic rings. The maximum atomic E-state index is 12.8. The lowest BCUT2D eigenvalue weighted by atomic mass is 9.89. The van der Waals surface area contributed by atoms with Crippen molar-refractivity contribution in [3.8, 4) is 0 Å². The Balaban J connectivity index is 1.67. The van der Waals surface area contributed by atoms with Crippen molar-refractivity contribution in [2.45, 2.75) is 71.3 Å². The number of aryl methyl sites for hydroxylation is 1. The number of nitrogens with one attached hydrogen (secondary N) is 1. The van der Waals surface area contributed by atoms with Crippen LogP contribution in [0.4, 0.5) is 0 Å². The van der Waals surface area contributed by atoms with Crippen molar-refractivity contribution in [1.82, 2.24) is 14.9 Å². The molecule has 25 heavy (non-hydrogen) atoms. The topological polar surface area (TPSA) is 49.0 Å². The molecule has 4 rings (SSSR count). The van der Waals surface area contributed by atoms with Gasteiger partial charge >= 0.3 is 0 Å². The van der Waals surface area contributed by atoms with E-state index in [2.05, 4.69) is 23.7 Å². The number of H-pyrrole nitrogens is 1. The fourth-order valence-electron chi connectivity index (χ4n) is 4.40. The van der Waals surface area contributed by atoms with Crippen LogP contribution >= 0.6 is 11.3 Å². The van der Waals surface area contributed by atoms with Gasteiger partial charge in [-0.15, -0.1) is 11.3 Å². The van der Waals surface area contributed by atoms with E-state index in [1.54, 1.807) is 11.3 Å². The van der Waals surface area contributed by atoms with Gasteiger partial charge in [-0.05, 0) is 63.6 Å². The molecular formula is C20H29N3OS. The van der Waals surface area contributed by atoms with E-state index < -0.39 is 0 Å². The van der Waals surface area contributed by atoms with Crippen molar-refractivity contribution in [3.63, 3.8) is 0 Å². The molecule has 1 N–H and O–H groups in total. The first kappa shape index (κ1) is 17.2. The summed E-state index contributed by atoms with van der Waals surface area (Å²) in [5.41, 5.74) is 1.35. The summed E-state index contributed by atoms with van der Waals surface area (Å²) in [5.74, 6) is 1.57.